The standard InChI is InChI=1S/C21H36N4O3.C11H15NO2.C10H21N3O/c1-22(2)19-4-3-5-21(16-19)28-18-20(26)17-25-10-8-23(9-11-25)6-7-24-12-14-27-15-13-24;1-12(2)9-3-5-10(6-4-9)13-7-11-8-14-11;1-3-12(4-2-11-1)5-6-13-7-9-14-10-8-13/h3-5,16,20,26H,6-15,17-18H2,1-2H3;3-6,11H,7-8H2,1-2H3;11H,1-10H2. The van der Waals surface area contributed by atoms with Crippen molar-refractivity contribution in [1.29, 1.82) is 0 Å². The van der Waals surface area contributed by atoms with E-state index in [1.165, 1.54) is 31.9 Å². The average molecular weight is 785 g/mol. The second-order valence-electron chi connectivity index (χ2n) is 15.7. The van der Waals surface area contributed by atoms with Gasteiger partial charge in [-0.05, 0) is 36.4 Å². The van der Waals surface area contributed by atoms with E-state index < -0.39 is 6.10 Å². The molecule has 56 heavy (non-hydrogen) atoms. The maximum Gasteiger partial charge on any atom is 0.121 e. The van der Waals surface area contributed by atoms with Crippen LogP contribution in [0.5, 0.6) is 11.5 Å². The van der Waals surface area contributed by atoms with Gasteiger partial charge in [0.1, 0.15) is 36.9 Å². The lowest BCUT2D eigenvalue weighted by Gasteiger charge is -2.37. The van der Waals surface area contributed by atoms with Crippen LogP contribution in [0.2, 0.25) is 0 Å². The van der Waals surface area contributed by atoms with Crippen LogP contribution in [-0.4, -0.2) is 228 Å². The highest BCUT2D eigenvalue weighted by Crippen LogP contribution is 2.20. The van der Waals surface area contributed by atoms with Gasteiger partial charge >= 0.3 is 0 Å². The van der Waals surface area contributed by atoms with Crippen LogP contribution in [0.4, 0.5) is 11.4 Å². The Morgan fingerprint density at radius 1 is 0.643 bits per heavy atom. The van der Waals surface area contributed by atoms with E-state index in [1.54, 1.807) is 0 Å². The number of hydrogen-bond acceptors (Lipinski definition) is 14. The highest BCUT2D eigenvalue weighted by molar-refractivity contribution is 5.49. The number of nitrogens with zero attached hydrogens (tertiary/aromatic N) is 7. The van der Waals surface area contributed by atoms with Gasteiger partial charge in [-0.15, -0.1) is 0 Å². The fraction of sp³-hybridized carbons (Fsp3) is 0.714. The molecule has 5 aliphatic rings. The number of nitrogens with one attached hydrogen (secondary N) is 1. The molecule has 0 amide bonds. The van der Waals surface area contributed by atoms with E-state index >= 15 is 0 Å². The summed E-state index contributed by atoms with van der Waals surface area (Å²) >= 11 is 0. The van der Waals surface area contributed by atoms with Crippen LogP contribution >= 0.6 is 0 Å². The molecule has 5 saturated heterocycles. The van der Waals surface area contributed by atoms with E-state index in [-0.39, 0.29) is 0 Å². The highest BCUT2D eigenvalue weighted by Gasteiger charge is 2.23. The summed E-state index contributed by atoms with van der Waals surface area (Å²) in [4.78, 5) is 16.5. The van der Waals surface area contributed by atoms with E-state index in [9.17, 15) is 5.11 Å². The molecule has 316 valence electrons. The highest BCUT2D eigenvalue weighted by atomic mass is 16.6. The second-order valence-corrected chi connectivity index (χ2v) is 15.7. The van der Waals surface area contributed by atoms with Gasteiger partial charge in [0.2, 0.25) is 0 Å². The second kappa shape index (κ2) is 24.9. The zero-order valence-electron chi connectivity index (χ0n) is 34.9. The Kier molecular flexibility index (Phi) is 19.7. The third kappa shape index (κ3) is 17.4. The van der Waals surface area contributed by atoms with Gasteiger partial charge in [0.05, 0.1) is 33.0 Å². The Morgan fingerprint density at radius 2 is 1.16 bits per heavy atom. The summed E-state index contributed by atoms with van der Waals surface area (Å²) in [6.45, 7) is 24.0. The van der Waals surface area contributed by atoms with Gasteiger partial charge in [0.25, 0.3) is 0 Å². The summed E-state index contributed by atoms with van der Waals surface area (Å²) in [5.74, 6) is 1.71. The lowest BCUT2D eigenvalue weighted by atomic mass is 10.2. The molecular formula is C42H72N8O6. The van der Waals surface area contributed by atoms with Gasteiger partial charge in [0.15, 0.2) is 0 Å². The third-order valence-electron chi connectivity index (χ3n) is 10.8. The molecule has 2 aromatic carbocycles. The van der Waals surface area contributed by atoms with Crippen molar-refractivity contribution in [2.24, 2.45) is 0 Å². The number of aliphatic hydroxyl groups is 1. The number of hydrogen-bond donors (Lipinski definition) is 2. The van der Waals surface area contributed by atoms with Crippen molar-refractivity contribution in [2.75, 3.05) is 195 Å². The summed E-state index contributed by atoms with van der Waals surface area (Å²) < 4.78 is 27.1. The first kappa shape index (κ1) is 44.3. The maximum absolute atomic E-state index is 10.4. The van der Waals surface area contributed by atoms with Crippen molar-refractivity contribution < 1.29 is 28.8 Å². The van der Waals surface area contributed by atoms with Gasteiger partial charge in [-0.1, -0.05) is 6.07 Å². The maximum atomic E-state index is 10.4. The molecule has 14 nitrogen and oxygen atoms in total. The van der Waals surface area contributed by atoms with Crippen molar-refractivity contribution in [2.45, 2.75) is 12.2 Å². The van der Waals surface area contributed by atoms with Crippen LogP contribution in [-0.2, 0) is 14.2 Å². The van der Waals surface area contributed by atoms with Gasteiger partial charge < -0.3 is 43.9 Å². The van der Waals surface area contributed by atoms with Crippen molar-refractivity contribution >= 4 is 11.4 Å². The smallest absolute Gasteiger partial charge is 0.121 e. The Morgan fingerprint density at radius 3 is 1.70 bits per heavy atom. The molecule has 5 fully saturated rings. The monoisotopic (exact) mass is 785 g/mol. The van der Waals surface area contributed by atoms with E-state index in [1.807, 2.05) is 81.6 Å². The molecule has 2 atom stereocenters. The Bertz CT molecular complexity index is 1290. The van der Waals surface area contributed by atoms with Crippen LogP contribution in [0.25, 0.3) is 0 Å². The molecule has 0 spiro atoms. The molecule has 0 aromatic heterocycles. The first-order valence-electron chi connectivity index (χ1n) is 20.9. The molecule has 0 radical (unpaired) electrons. The predicted molar refractivity (Wildman–Crippen MR) is 225 cm³/mol. The number of rotatable bonds is 16. The number of ether oxygens (including phenoxy) is 5. The average Bonchev–Trinajstić information content (AvgIpc) is 4.08. The lowest BCUT2D eigenvalue weighted by Crippen LogP contribution is -2.51. The van der Waals surface area contributed by atoms with Gasteiger partial charge in [-0.25, -0.2) is 0 Å². The molecule has 2 aromatic rings. The van der Waals surface area contributed by atoms with Gasteiger partial charge in [0, 0.05) is 157 Å². The number of benzene rings is 2. The number of β-amino-alcohol motifs (C(OH)–C–C–N with tert-alkyl or cyclic N) is 1. The lowest BCUT2D eigenvalue weighted by molar-refractivity contribution is 0.0241. The zero-order chi connectivity index (χ0) is 39.4. The Hall–Kier alpha value is -2.76. The van der Waals surface area contributed by atoms with Crippen LogP contribution in [0, 0.1) is 0 Å². The molecule has 0 bridgehead atoms. The summed E-state index contributed by atoms with van der Waals surface area (Å²) in [6.07, 6.45) is -0.147. The van der Waals surface area contributed by atoms with E-state index in [0.717, 1.165) is 129 Å². The van der Waals surface area contributed by atoms with Crippen LogP contribution < -0.4 is 24.6 Å². The number of anilines is 2. The minimum atomic E-state index is -0.470. The SMILES string of the molecule is C1CN(CCN2CCOCC2)CCN1.CN(C)c1ccc(OCC2CO2)cc1.CN(C)c1cccc(OCC(O)CN2CCN(CCN3CCOCC3)CC2)c1. The van der Waals surface area contributed by atoms with Gasteiger partial charge in [-0.2, -0.15) is 0 Å². The molecule has 0 saturated carbocycles. The van der Waals surface area contributed by atoms with Crippen LogP contribution in [0.15, 0.2) is 48.5 Å². The molecular weight excluding hydrogens is 713 g/mol. The third-order valence-corrected chi connectivity index (χ3v) is 10.8. The molecule has 2 unspecified atom stereocenters. The van der Waals surface area contributed by atoms with Crippen LogP contribution in [0.1, 0.15) is 0 Å². The van der Waals surface area contributed by atoms with E-state index in [4.69, 9.17) is 23.7 Å². The first-order valence-corrected chi connectivity index (χ1v) is 20.9. The summed E-state index contributed by atoms with van der Waals surface area (Å²) in [7, 11) is 8.06. The minimum absolute atomic E-state index is 0.323. The van der Waals surface area contributed by atoms with Crippen molar-refractivity contribution in [3.05, 3.63) is 48.5 Å². The minimum Gasteiger partial charge on any atom is -0.491 e. The Labute approximate surface area is 337 Å². The molecule has 0 aliphatic carbocycles. The number of epoxide rings is 1. The quantitative estimate of drug-likeness (QED) is 0.239. The fourth-order valence-corrected chi connectivity index (χ4v) is 6.93. The molecule has 5 heterocycles. The largest absolute Gasteiger partial charge is 0.491 e. The first-order chi connectivity index (χ1) is 27.3. The van der Waals surface area contributed by atoms with Crippen molar-refractivity contribution in [1.82, 2.24) is 29.8 Å². The zero-order valence-corrected chi connectivity index (χ0v) is 34.9. The number of piperazine rings is 2. The normalized spacial score (nSPS) is 21.8. The van der Waals surface area contributed by atoms with Crippen molar-refractivity contribution in [3.8, 4) is 11.5 Å². The number of morpholine rings is 2. The molecule has 2 N–H and O–H groups in total. The summed E-state index contributed by atoms with van der Waals surface area (Å²) in [5.41, 5.74) is 2.28. The topological polar surface area (TPSA) is 104 Å². The Balaban J connectivity index is 0.000000179. The number of aliphatic hydroxyl groups excluding tert-OH is 1. The van der Waals surface area contributed by atoms with Crippen LogP contribution in [0.3, 0.4) is 0 Å². The molecule has 14 heteroatoms. The van der Waals surface area contributed by atoms with Gasteiger partial charge in [-0.3, -0.25) is 24.5 Å². The summed E-state index contributed by atoms with van der Waals surface area (Å²) in [6, 6.07) is 16.0. The van der Waals surface area contributed by atoms with E-state index in [2.05, 4.69) is 34.7 Å². The predicted octanol–water partition coefficient (Wildman–Crippen LogP) is 1.20. The van der Waals surface area contributed by atoms with E-state index in [0.29, 0.717) is 25.9 Å². The fourth-order valence-electron chi connectivity index (χ4n) is 6.93. The molecule has 7 rings (SSSR count). The van der Waals surface area contributed by atoms with Crippen molar-refractivity contribution in [3.63, 3.8) is 0 Å². The summed E-state index contributed by atoms with van der Waals surface area (Å²) in [5, 5.41) is 13.7. The molecule has 5 aliphatic heterocycles.